The highest BCUT2D eigenvalue weighted by Crippen LogP contribution is 2.18. The quantitative estimate of drug-likeness (QED) is 0.242. The van der Waals surface area contributed by atoms with Crippen molar-refractivity contribution in [3.8, 4) is 0 Å². The highest BCUT2D eigenvalue weighted by molar-refractivity contribution is 14.0. The molecule has 0 aliphatic heterocycles. The molecule has 0 fully saturated rings. The maximum absolute atomic E-state index is 5.87. The Morgan fingerprint density at radius 3 is 2.59 bits per heavy atom. The molecule has 1 rings (SSSR count). The fraction of sp³-hybridized carbons (Fsp3) is 0.750. The van der Waals surface area contributed by atoms with Crippen molar-refractivity contribution >= 4 is 41.3 Å². The van der Waals surface area contributed by atoms with E-state index in [4.69, 9.17) is 5.73 Å². The number of guanidine groups is 1. The van der Waals surface area contributed by atoms with Crippen molar-refractivity contribution in [1.82, 2.24) is 10.3 Å². The van der Waals surface area contributed by atoms with Crippen LogP contribution in [-0.4, -0.2) is 17.5 Å². The summed E-state index contributed by atoms with van der Waals surface area (Å²) in [7, 11) is 0. The van der Waals surface area contributed by atoms with Gasteiger partial charge in [0.25, 0.3) is 0 Å². The van der Waals surface area contributed by atoms with E-state index in [1.54, 1.807) is 11.3 Å². The minimum absolute atomic E-state index is 0. The third-order valence-electron chi connectivity index (χ3n) is 3.38. The Labute approximate surface area is 156 Å². The Bertz CT molecular complexity index is 418. The van der Waals surface area contributed by atoms with Crippen LogP contribution >= 0.6 is 35.3 Å². The molecule has 0 aliphatic carbocycles. The molecule has 1 heterocycles. The summed E-state index contributed by atoms with van der Waals surface area (Å²) in [6.07, 6.45) is 7.75. The second kappa shape index (κ2) is 13.1. The molecule has 0 saturated carbocycles. The highest BCUT2D eigenvalue weighted by Gasteiger charge is 2.04. The molecule has 6 heteroatoms. The molecular weight excluding hydrogens is 407 g/mol. The monoisotopic (exact) mass is 438 g/mol. The molecule has 128 valence electrons. The van der Waals surface area contributed by atoms with Crippen LogP contribution in [0.1, 0.15) is 75.9 Å². The van der Waals surface area contributed by atoms with Crippen LogP contribution in [0.2, 0.25) is 0 Å². The van der Waals surface area contributed by atoms with E-state index >= 15 is 0 Å². The first-order valence-corrected chi connectivity index (χ1v) is 8.99. The number of hydrogen-bond donors (Lipinski definition) is 2. The standard InChI is InChI=1S/C16H30N4S.HI/c1-4-5-6-7-8-9-10-18-16(17)19-11-15-20-14(12-21-15)13(2)3;/h12-13H,4-11H2,1-3H3,(H3,17,18,19);1H. The fourth-order valence-electron chi connectivity index (χ4n) is 1.99. The summed E-state index contributed by atoms with van der Waals surface area (Å²) in [5, 5.41) is 6.32. The normalized spacial score (nSPS) is 11.5. The van der Waals surface area contributed by atoms with E-state index in [0.29, 0.717) is 18.4 Å². The van der Waals surface area contributed by atoms with Crippen molar-refractivity contribution in [3.05, 3.63) is 16.1 Å². The average Bonchev–Trinajstić information content (AvgIpc) is 2.93. The number of aromatic nitrogens is 1. The zero-order valence-electron chi connectivity index (χ0n) is 14.1. The number of thiazole rings is 1. The van der Waals surface area contributed by atoms with Crippen LogP contribution in [0.15, 0.2) is 10.4 Å². The van der Waals surface area contributed by atoms with E-state index in [1.807, 2.05) is 0 Å². The van der Waals surface area contributed by atoms with E-state index in [9.17, 15) is 0 Å². The predicted molar refractivity (Wildman–Crippen MR) is 108 cm³/mol. The van der Waals surface area contributed by atoms with Crippen LogP contribution in [0, 0.1) is 0 Å². The second-order valence-electron chi connectivity index (χ2n) is 5.72. The maximum atomic E-state index is 5.87. The Kier molecular flexibility index (Phi) is 12.9. The summed E-state index contributed by atoms with van der Waals surface area (Å²) in [4.78, 5) is 8.89. The number of nitrogens with one attached hydrogen (secondary N) is 1. The first kappa shape index (κ1) is 21.6. The Morgan fingerprint density at radius 2 is 1.95 bits per heavy atom. The van der Waals surface area contributed by atoms with Crippen LogP contribution in [0.4, 0.5) is 0 Å². The van der Waals surface area contributed by atoms with E-state index in [0.717, 1.165) is 23.7 Å². The molecule has 0 amide bonds. The Hall–Kier alpha value is -0.370. The number of hydrogen-bond acceptors (Lipinski definition) is 3. The number of unbranched alkanes of at least 4 members (excludes halogenated alkanes) is 5. The van der Waals surface area contributed by atoms with Gasteiger partial charge in [-0.15, -0.1) is 35.3 Å². The van der Waals surface area contributed by atoms with Crippen LogP contribution in [0.25, 0.3) is 0 Å². The summed E-state index contributed by atoms with van der Waals surface area (Å²) in [5.41, 5.74) is 7.01. The first-order valence-electron chi connectivity index (χ1n) is 8.11. The van der Waals surface area contributed by atoms with Gasteiger partial charge in [0.05, 0.1) is 12.2 Å². The lowest BCUT2D eigenvalue weighted by atomic mass is 10.1. The van der Waals surface area contributed by atoms with E-state index in [1.165, 1.54) is 32.1 Å². The molecule has 22 heavy (non-hydrogen) atoms. The number of rotatable bonds is 10. The van der Waals surface area contributed by atoms with Crippen molar-refractivity contribution in [1.29, 1.82) is 0 Å². The third-order valence-corrected chi connectivity index (χ3v) is 4.23. The highest BCUT2D eigenvalue weighted by atomic mass is 127. The topological polar surface area (TPSA) is 63.3 Å². The lowest BCUT2D eigenvalue weighted by Gasteiger charge is -2.05. The minimum atomic E-state index is 0. The van der Waals surface area contributed by atoms with Crippen molar-refractivity contribution in [3.63, 3.8) is 0 Å². The van der Waals surface area contributed by atoms with Crippen LogP contribution in [0.5, 0.6) is 0 Å². The molecule has 0 radical (unpaired) electrons. The SMILES string of the molecule is CCCCCCCCNC(N)=NCc1nc(C(C)C)cs1.I. The molecule has 0 unspecified atom stereocenters. The lowest BCUT2D eigenvalue weighted by molar-refractivity contribution is 0.601. The summed E-state index contributed by atoms with van der Waals surface area (Å²) >= 11 is 1.66. The minimum Gasteiger partial charge on any atom is -0.370 e. The maximum Gasteiger partial charge on any atom is 0.189 e. The molecule has 0 saturated heterocycles. The van der Waals surface area contributed by atoms with Gasteiger partial charge in [0.2, 0.25) is 0 Å². The Morgan fingerprint density at radius 1 is 1.27 bits per heavy atom. The number of halogens is 1. The van der Waals surface area contributed by atoms with Gasteiger partial charge in [0, 0.05) is 11.9 Å². The van der Waals surface area contributed by atoms with Crippen molar-refractivity contribution < 1.29 is 0 Å². The van der Waals surface area contributed by atoms with Crippen LogP contribution in [0.3, 0.4) is 0 Å². The molecule has 0 aliphatic rings. The summed E-state index contributed by atoms with van der Waals surface area (Å²) < 4.78 is 0. The Balaban J connectivity index is 0.00000441. The number of aliphatic imine (C=N–C) groups is 1. The zero-order chi connectivity index (χ0) is 15.5. The molecule has 0 atom stereocenters. The van der Waals surface area contributed by atoms with Crippen LogP contribution < -0.4 is 11.1 Å². The number of nitrogens with zero attached hydrogens (tertiary/aromatic N) is 2. The van der Waals surface area contributed by atoms with E-state index in [2.05, 4.69) is 41.4 Å². The van der Waals surface area contributed by atoms with Crippen molar-refractivity contribution in [2.45, 2.75) is 71.8 Å². The van der Waals surface area contributed by atoms with Gasteiger partial charge in [-0.25, -0.2) is 9.98 Å². The number of nitrogens with two attached hydrogens (primary N) is 1. The largest absolute Gasteiger partial charge is 0.370 e. The third kappa shape index (κ3) is 9.61. The zero-order valence-corrected chi connectivity index (χ0v) is 17.2. The van der Waals surface area contributed by atoms with Gasteiger partial charge in [0.15, 0.2) is 5.96 Å². The van der Waals surface area contributed by atoms with Crippen LogP contribution in [-0.2, 0) is 6.54 Å². The average molecular weight is 438 g/mol. The fourth-order valence-corrected chi connectivity index (χ4v) is 2.87. The van der Waals surface area contributed by atoms with Gasteiger partial charge in [0.1, 0.15) is 5.01 Å². The molecule has 1 aromatic rings. The molecule has 0 spiro atoms. The summed E-state index contributed by atoms with van der Waals surface area (Å²) in [6, 6.07) is 0. The molecule has 1 aromatic heterocycles. The van der Waals surface area contributed by atoms with Gasteiger partial charge in [-0.3, -0.25) is 0 Å². The molecule has 3 N–H and O–H groups in total. The van der Waals surface area contributed by atoms with E-state index in [-0.39, 0.29) is 24.0 Å². The lowest BCUT2D eigenvalue weighted by Crippen LogP contribution is -2.32. The second-order valence-corrected chi connectivity index (χ2v) is 6.66. The molecule has 4 nitrogen and oxygen atoms in total. The molecule has 0 aromatic carbocycles. The van der Waals surface area contributed by atoms with E-state index < -0.39 is 0 Å². The summed E-state index contributed by atoms with van der Waals surface area (Å²) in [6.45, 7) is 8.03. The smallest absolute Gasteiger partial charge is 0.189 e. The predicted octanol–water partition coefficient (Wildman–Crippen LogP) is 4.65. The van der Waals surface area contributed by atoms with Gasteiger partial charge in [-0.05, 0) is 12.3 Å². The van der Waals surface area contributed by atoms with Crippen molar-refractivity contribution in [2.75, 3.05) is 6.54 Å². The van der Waals surface area contributed by atoms with Gasteiger partial charge < -0.3 is 11.1 Å². The molecular formula is C16H31IN4S. The first-order chi connectivity index (χ1) is 10.1. The van der Waals surface area contributed by atoms with Gasteiger partial charge in [-0.1, -0.05) is 52.9 Å². The van der Waals surface area contributed by atoms with Gasteiger partial charge in [-0.2, -0.15) is 0 Å². The summed E-state index contributed by atoms with van der Waals surface area (Å²) in [5.74, 6) is 1.01. The molecule has 0 bridgehead atoms. The van der Waals surface area contributed by atoms with Crippen molar-refractivity contribution in [2.24, 2.45) is 10.7 Å². The van der Waals surface area contributed by atoms with Gasteiger partial charge >= 0.3 is 0 Å².